The molecule has 0 aliphatic rings. The SMILES string of the molecule is Cc1cc(O)ccc1C(=O)NCc1nc(-c2ccncc2)c[nH]1. The van der Waals surface area contributed by atoms with Gasteiger partial charge >= 0.3 is 0 Å². The maximum absolute atomic E-state index is 12.2. The number of phenols is 1. The molecule has 0 atom stereocenters. The van der Waals surface area contributed by atoms with Gasteiger partial charge in [-0.05, 0) is 42.8 Å². The minimum atomic E-state index is -0.204. The number of hydrogen-bond acceptors (Lipinski definition) is 4. The van der Waals surface area contributed by atoms with Crippen molar-refractivity contribution >= 4 is 5.91 Å². The van der Waals surface area contributed by atoms with Crippen LogP contribution in [0.4, 0.5) is 0 Å². The lowest BCUT2D eigenvalue weighted by atomic mass is 10.1. The fourth-order valence-corrected chi connectivity index (χ4v) is 2.28. The molecule has 3 N–H and O–H groups in total. The Balaban J connectivity index is 1.67. The monoisotopic (exact) mass is 308 g/mol. The van der Waals surface area contributed by atoms with Crippen LogP contribution in [-0.2, 0) is 6.54 Å². The van der Waals surface area contributed by atoms with Gasteiger partial charge < -0.3 is 15.4 Å². The van der Waals surface area contributed by atoms with Crippen LogP contribution in [0.1, 0.15) is 21.7 Å². The Kier molecular flexibility index (Phi) is 4.05. The second kappa shape index (κ2) is 6.31. The highest BCUT2D eigenvalue weighted by molar-refractivity contribution is 5.95. The zero-order valence-corrected chi connectivity index (χ0v) is 12.6. The molecule has 0 radical (unpaired) electrons. The lowest BCUT2D eigenvalue weighted by Gasteiger charge is -2.06. The van der Waals surface area contributed by atoms with Crippen LogP contribution < -0.4 is 5.32 Å². The van der Waals surface area contributed by atoms with Gasteiger partial charge in [-0.15, -0.1) is 0 Å². The number of benzene rings is 1. The van der Waals surface area contributed by atoms with Gasteiger partial charge in [-0.1, -0.05) is 0 Å². The third-order valence-corrected chi connectivity index (χ3v) is 3.48. The summed E-state index contributed by atoms with van der Waals surface area (Å²) in [7, 11) is 0. The summed E-state index contributed by atoms with van der Waals surface area (Å²) < 4.78 is 0. The van der Waals surface area contributed by atoms with Crippen molar-refractivity contribution in [3.05, 3.63) is 65.9 Å². The van der Waals surface area contributed by atoms with Gasteiger partial charge in [0.15, 0.2) is 0 Å². The summed E-state index contributed by atoms with van der Waals surface area (Å²) in [6.07, 6.45) is 5.21. The van der Waals surface area contributed by atoms with Gasteiger partial charge in [-0.25, -0.2) is 4.98 Å². The first kappa shape index (κ1) is 14.8. The molecule has 2 heterocycles. The number of nitrogens with one attached hydrogen (secondary N) is 2. The molecule has 0 spiro atoms. The van der Waals surface area contributed by atoms with Crippen molar-refractivity contribution in [2.75, 3.05) is 0 Å². The molecule has 116 valence electrons. The minimum absolute atomic E-state index is 0.145. The molecule has 0 bridgehead atoms. The van der Waals surface area contributed by atoms with Gasteiger partial charge in [-0.2, -0.15) is 0 Å². The molecule has 3 rings (SSSR count). The van der Waals surface area contributed by atoms with Crippen LogP contribution >= 0.6 is 0 Å². The van der Waals surface area contributed by atoms with E-state index in [1.54, 1.807) is 37.6 Å². The number of imidazole rings is 1. The summed E-state index contributed by atoms with van der Waals surface area (Å²) in [5, 5.41) is 12.2. The number of H-pyrrole nitrogens is 1. The molecule has 0 aliphatic heterocycles. The number of amides is 1. The molecule has 1 amide bonds. The van der Waals surface area contributed by atoms with E-state index in [9.17, 15) is 9.90 Å². The standard InChI is InChI=1S/C17H16N4O2/c1-11-8-13(22)2-3-14(11)17(23)20-10-16-19-9-15(21-16)12-4-6-18-7-5-12/h2-9,22H,10H2,1H3,(H,19,21)(H,20,23). The van der Waals surface area contributed by atoms with Gasteiger partial charge in [-0.3, -0.25) is 9.78 Å². The van der Waals surface area contributed by atoms with Gasteiger partial charge in [0.05, 0.1) is 12.2 Å². The number of hydrogen-bond donors (Lipinski definition) is 3. The van der Waals surface area contributed by atoms with E-state index >= 15 is 0 Å². The molecular formula is C17H16N4O2. The Morgan fingerprint density at radius 2 is 2.04 bits per heavy atom. The highest BCUT2D eigenvalue weighted by Gasteiger charge is 2.10. The van der Waals surface area contributed by atoms with Crippen LogP contribution in [0.5, 0.6) is 5.75 Å². The number of pyridine rings is 1. The van der Waals surface area contributed by atoms with E-state index in [1.807, 2.05) is 12.1 Å². The third kappa shape index (κ3) is 3.37. The van der Waals surface area contributed by atoms with Crippen molar-refractivity contribution in [2.45, 2.75) is 13.5 Å². The lowest BCUT2D eigenvalue weighted by Crippen LogP contribution is -2.24. The predicted octanol–water partition coefficient (Wildman–Crippen LogP) is 2.42. The molecule has 2 aromatic heterocycles. The molecule has 0 saturated heterocycles. The first-order valence-corrected chi connectivity index (χ1v) is 7.16. The van der Waals surface area contributed by atoms with Gasteiger partial charge in [0.25, 0.3) is 5.91 Å². The number of aromatic amines is 1. The van der Waals surface area contributed by atoms with Crippen LogP contribution in [0.2, 0.25) is 0 Å². The third-order valence-electron chi connectivity index (χ3n) is 3.48. The summed E-state index contributed by atoms with van der Waals surface area (Å²) in [5.41, 5.74) is 3.02. The number of aromatic hydroxyl groups is 1. The highest BCUT2D eigenvalue weighted by Crippen LogP contribution is 2.17. The van der Waals surface area contributed by atoms with Crippen molar-refractivity contribution in [3.8, 4) is 17.0 Å². The van der Waals surface area contributed by atoms with Crippen molar-refractivity contribution in [3.63, 3.8) is 0 Å². The predicted molar refractivity (Wildman–Crippen MR) is 85.8 cm³/mol. The minimum Gasteiger partial charge on any atom is -0.508 e. The maximum atomic E-state index is 12.2. The molecular weight excluding hydrogens is 292 g/mol. The van der Waals surface area contributed by atoms with Crippen LogP contribution in [0.25, 0.3) is 11.3 Å². The Hall–Kier alpha value is -3.15. The second-order valence-electron chi connectivity index (χ2n) is 5.15. The summed E-state index contributed by atoms with van der Waals surface area (Å²) in [6.45, 7) is 2.08. The van der Waals surface area contributed by atoms with E-state index in [1.165, 1.54) is 6.07 Å². The molecule has 0 fully saturated rings. The summed E-state index contributed by atoms with van der Waals surface area (Å²) in [6, 6.07) is 8.40. The number of rotatable bonds is 4. The Morgan fingerprint density at radius 3 is 2.78 bits per heavy atom. The van der Waals surface area contributed by atoms with Crippen molar-refractivity contribution in [1.82, 2.24) is 20.3 Å². The molecule has 3 aromatic rings. The van der Waals surface area contributed by atoms with E-state index < -0.39 is 0 Å². The first-order valence-electron chi connectivity index (χ1n) is 7.16. The molecule has 0 unspecified atom stereocenters. The molecule has 1 aromatic carbocycles. The maximum Gasteiger partial charge on any atom is 0.251 e. The fourth-order valence-electron chi connectivity index (χ4n) is 2.28. The number of aromatic nitrogens is 3. The van der Waals surface area contributed by atoms with Crippen molar-refractivity contribution < 1.29 is 9.90 Å². The average Bonchev–Trinajstić information content (AvgIpc) is 3.02. The largest absolute Gasteiger partial charge is 0.508 e. The van der Waals surface area contributed by atoms with E-state index in [-0.39, 0.29) is 11.7 Å². The average molecular weight is 308 g/mol. The number of carbonyl (C=O) groups excluding carboxylic acids is 1. The lowest BCUT2D eigenvalue weighted by molar-refractivity contribution is 0.0949. The topological polar surface area (TPSA) is 90.9 Å². The smallest absolute Gasteiger partial charge is 0.251 e. The highest BCUT2D eigenvalue weighted by atomic mass is 16.3. The van der Waals surface area contributed by atoms with Crippen molar-refractivity contribution in [1.29, 1.82) is 0 Å². The first-order chi connectivity index (χ1) is 11.1. The Morgan fingerprint density at radius 1 is 1.26 bits per heavy atom. The molecule has 6 nitrogen and oxygen atoms in total. The number of phenolic OH excluding ortho intramolecular Hbond substituents is 1. The fraction of sp³-hybridized carbons (Fsp3) is 0.118. The molecule has 0 saturated carbocycles. The normalized spacial score (nSPS) is 10.5. The Bertz CT molecular complexity index is 828. The molecule has 0 aliphatic carbocycles. The second-order valence-corrected chi connectivity index (χ2v) is 5.15. The number of aryl methyl sites for hydroxylation is 1. The van der Waals surface area contributed by atoms with Crippen molar-refractivity contribution in [2.24, 2.45) is 0 Å². The summed E-state index contributed by atoms with van der Waals surface area (Å²) in [4.78, 5) is 23.6. The van der Waals surface area contributed by atoms with E-state index in [2.05, 4.69) is 20.3 Å². The van der Waals surface area contributed by atoms with Crippen LogP contribution in [0, 0.1) is 6.92 Å². The van der Waals surface area contributed by atoms with Gasteiger partial charge in [0.2, 0.25) is 0 Å². The zero-order chi connectivity index (χ0) is 16.2. The summed E-state index contributed by atoms with van der Waals surface area (Å²) in [5.74, 6) is 0.609. The molecule has 6 heteroatoms. The Labute approximate surface area is 133 Å². The van der Waals surface area contributed by atoms with Gasteiger partial charge in [0.1, 0.15) is 11.6 Å². The summed E-state index contributed by atoms with van der Waals surface area (Å²) >= 11 is 0. The van der Waals surface area contributed by atoms with E-state index in [0.29, 0.717) is 17.9 Å². The van der Waals surface area contributed by atoms with E-state index in [0.717, 1.165) is 16.8 Å². The number of nitrogens with zero attached hydrogens (tertiary/aromatic N) is 2. The quantitative estimate of drug-likeness (QED) is 0.690. The van der Waals surface area contributed by atoms with Crippen LogP contribution in [-0.4, -0.2) is 26.0 Å². The molecule has 23 heavy (non-hydrogen) atoms. The zero-order valence-electron chi connectivity index (χ0n) is 12.6. The van der Waals surface area contributed by atoms with Crippen LogP contribution in [0.3, 0.4) is 0 Å². The van der Waals surface area contributed by atoms with Gasteiger partial charge in [0, 0.05) is 29.7 Å². The van der Waals surface area contributed by atoms with Crippen LogP contribution in [0.15, 0.2) is 48.9 Å². The number of carbonyl (C=O) groups is 1. The van der Waals surface area contributed by atoms with E-state index in [4.69, 9.17) is 0 Å².